The highest BCUT2D eigenvalue weighted by atomic mass is 79.9. The molecule has 0 fully saturated rings. The number of nitro groups is 1. The minimum Gasteiger partial charge on any atom is -0.361 e. The molecule has 0 saturated heterocycles. The Labute approximate surface area is 118 Å². The van der Waals surface area contributed by atoms with Crippen molar-refractivity contribution in [3.05, 3.63) is 55.9 Å². The van der Waals surface area contributed by atoms with E-state index in [9.17, 15) is 10.1 Å². The minimum absolute atomic E-state index is 0.0663. The molecule has 2 aromatic rings. The van der Waals surface area contributed by atoms with Gasteiger partial charge in [-0.2, -0.15) is 0 Å². The number of aryl methyl sites for hydroxylation is 1. The summed E-state index contributed by atoms with van der Waals surface area (Å²) < 4.78 is 5.46. The van der Waals surface area contributed by atoms with Crippen LogP contribution in [0.25, 0.3) is 0 Å². The maximum absolute atomic E-state index is 10.8. The number of halogens is 1. The van der Waals surface area contributed by atoms with Gasteiger partial charge in [-0.1, -0.05) is 17.3 Å². The topological polar surface area (TPSA) is 81.2 Å². The molecule has 1 aromatic carbocycles. The molecule has 1 heterocycles. The zero-order valence-electron chi connectivity index (χ0n) is 10.2. The summed E-state index contributed by atoms with van der Waals surface area (Å²) in [6, 6.07) is 6.81. The minimum atomic E-state index is -0.408. The Morgan fingerprint density at radius 2 is 2.26 bits per heavy atom. The number of aromatic nitrogens is 1. The zero-order chi connectivity index (χ0) is 13.8. The van der Waals surface area contributed by atoms with E-state index in [4.69, 9.17) is 4.52 Å². The number of nitrogens with one attached hydrogen (secondary N) is 1. The molecule has 0 aliphatic heterocycles. The second kappa shape index (κ2) is 5.94. The molecule has 0 unspecified atom stereocenters. The molecule has 0 bridgehead atoms. The first-order chi connectivity index (χ1) is 9.08. The number of hydrogen-bond donors (Lipinski definition) is 1. The lowest BCUT2D eigenvalue weighted by atomic mass is 10.2. The Kier molecular flexibility index (Phi) is 4.28. The highest BCUT2D eigenvalue weighted by Crippen LogP contribution is 2.28. The van der Waals surface area contributed by atoms with Crippen LogP contribution in [0.2, 0.25) is 0 Å². The Morgan fingerprint density at radius 1 is 1.47 bits per heavy atom. The molecule has 0 aliphatic rings. The van der Waals surface area contributed by atoms with Crippen molar-refractivity contribution in [1.29, 1.82) is 0 Å². The van der Waals surface area contributed by atoms with Crippen LogP contribution >= 0.6 is 15.9 Å². The third kappa shape index (κ3) is 3.39. The summed E-state index contributed by atoms with van der Waals surface area (Å²) in [5.41, 5.74) is 1.70. The van der Waals surface area contributed by atoms with Crippen molar-refractivity contribution in [3.63, 3.8) is 0 Å². The predicted molar refractivity (Wildman–Crippen MR) is 72.6 cm³/mol. The monoisotopic (exact) mass is 325 g/mol. The summed E-state index contributed by atoms with van der Waals surface area (Å²) in [5.74, 6) is 0.758. The first-order valence-electron chi connectivity index (χ1n) is 5.62. The van der Waals surface area contributed by atoms with E-state index in [0.29, 0.717) is 17.6 Å². The fourth-order valence-corrected chi connectivity index (χ4v) is 2.22. The molecule has 2 rings (SSSR count). The molecule has 1 aromatic heterocycles. The average molecular weight is 326 g/mol. The van der Waals surface area contributed by atoms with E-state index in [1.165, 1.54) is 6.07 Å². The molecule has 0 amide bonds. The summed E-state index contributed by atoms with van der Waals surface area (Å²) >= 11 is 3.26. The van der Waals surface area contributed by atoms with Crippen LogP contribution in [0.3, 0.4) is 0 Å². The van der Waals surface area contributed by atoms with E-state index < -0.39 is 4.92 Å². The van der Waals surface area contributed by atoms with Crippen molar-refractivity contribution < 1.29 is 9.45 Å². The molecule has 0 radical (unpaired) electrons. The quantitative estimate of drug-likeness (QED) is 0.675. The molecule has 0 atom stereocenters. The summed E-state index contributed by atoms with van der Waals surface area (Å²) in [4.78, 5) is 10.4. The molecular weight excluding hydrogens is 314 g/mol. The molecule has 7 heteroatoms. The van der Waals surface area contributed by atoms with Gasteiger partial charge in [0.1, 0.15) is 5.76 Å². The van der Waals surface area contributed by atoms with Crippen LogP contribution < -0.4 is 5.32 Å². The summed E-state index contributed by atoms with van der Waals surface area (Å²) in [7, 11) is 0. The van der Waals surface area contributed by atoms with Gasteiger partial charge in [0.05, 0.1) is 15.1 Å². The van der Waals surface area contributed by atoms with E-state index >= 15 is 0 Å². The van der Waals surface area contributed by atoms with Crippen LogP contribution in [0.1, 0.15) is 17.0 Å². The second-order valence-corrected chi connectivity index (χ2v) is 4.83. The molecule has 0 saturated carbocycles. The highest BCUT2D eigenvalue weighted by molar-refractivity contribution is 9.10. The number of nitrogens with zero attached hydrogens (tertiary/aromatic N) is 2. The second-order valence-electron chi connectivity index (χ2n) is 4.04. The maximum Gasteiger partial charge on any atom is 0.283 e. The normalized spacial score (nSPS) is 10.6. The van der Waals surface area contributed by atoms with Crippen LogP contribution in [-0.2, 0) is 13.1 Å². The zero-order valence-corrected chi connectivity index (χ0v) is 11.8. The molecule has 0 spiro atoms. The Morgan fingerprint density at radius 3 is 2.89 bits per heavy atom. The van der Waals surface area contributed by atoms with Crippen molar-refractivity contribution in [2.24, 2.45) is 0 Å². The van der Waals surface area contributed by atoms with Crippen molar-refractivity contribution in [2.45, 2.75) is 20.0 Å². The summed E-state index contributed by atoms with van der Waals surface area (Å²) in [6.07, 6.45) is 0. The number of benzene rings is 1. The Hall–Kier alpha value is -1.73. The molecule has 6 nitrogen and oxygen atoms in total. The van der Waals surface area contributed by atoms with Crippen LogP contribution in [0.4, 0.5) is 5.69 Å². The highest BCUT2D eigenvalue weighted by Gasteiger charge is 2.14. The molecular formula is C12H12BrN3O3. The van der Waals surface area contributed by atoms with Crippen LogP contribution in [0.5, 0.6) is 0 Å². The van der Waals surface area contributed by atoms with Crippen molar-refractivity contribution in [2.75, 3.05) is 0 Å². The molecule has 19 heavy (non-hydrogen) atoms. The molecule has 0 aliphatic carbocycles. The lowest BCUT2D eigenvalue weighted by Crippen LogP contribution is -2.13. The SMILES string of the molecule is Cc1cc(CNCc2cccc([N+](=O)[O-])c2Br)no1. The Bertz CT molecular complexity index is 598. The van der Waals surface area contributed by atoms with Crippen molar-refractivity contribution in [1.82, 2.24) is 10.5 Å². The van der Waals surface area contributed by atoms with E-state index in [0.717, 1.165) is 17.0 Å². The third-order valence-corrected chi connectivity index (χ3v) is 3.47. The summed E-state index contributed by atoms with van der Waals surface area (Å²) in [6.45, 7) is 2.88. The largest absolute Gasteiger partial charge is 0.361 e. The van der Waals surface area contributed by atoms with Gasteiger partial charge in [-0.15, -0.1) is 0 Å². The van der Waals surface area contributed by atoms with Gasteiger partial charge in [-0.3, -0.25) is 10.1 Å². The standard InChI is InChI=1S/C12H12BrN3O3/c1-8-5-10(15-19-8)7-14-6-9-3-2-4-11(12(9)13)16(17)18/h2-5,14H,6-7H2,1H3. The third-order valence-electron chi connectivity index (χ3n) is 2.55. The van der Waals surface area contributed by atoms with Gasteiger partial charge < -0.3 is 9.84 Å². The number of hydrogen-bond acceptors (Lipinski definition) is 5. The lowest BCUT2D eigenvalue weighted by Gasteiger charge is -2.05. The van der Waals surface area contributed by atoms with E-state index in [1.807, 2.05) is 19.1 Å². The van der Waals surface area contributed by atoms with Crippen LogP contribution in [0, 0.1) is 17.0 Å². The van der Waals surface area contributed by atoms with Gasteiger partial charge in [0.2, 0.25) is 0 Å². The Balaban J connectivity index is 2.00. The van der Waals surface area contributed by atoms with Gasteiger partial charge in [-0.05, 0) is 28.4 Å². The number of rotatable bonds is 5. The van der Waals surface area contributed by atoms with Gasteiger partial charge in [0, 0.05) is 25.2 Å². The van der Waals surface area contributed by atoms with Crippen LogP contribution in [-0.4, -0.2) is 10.1 Å². The first kappa shape index (κ1) is 13.7. The van der Waals surface area contributed by atoms with E-state index in [-0.39, 0.29) is 5.69 Å². The lowest BCUT2D eigenvalue weighted by molar-refractivity contribution is -0.385. The fourth-order valence-electron chi connectivity index (χ4n) is 1.67. The van der Waals surface area contributed by atoms with Gasteiger partial charge in [-0.25, -0.2) is 0 Å². The van der Waals surface area contributed by atoms with Gasteiger partial charge in [0.25, 0.3) is 5.69 Å². The van der Waals surface area contributed by atoms with Gasteiger partial charge in [0.15, 0.2) is 0 Å². The first-order valence-corrected chi connectivity index (χ1v) is 6.42. The van der Waals surface area contributed by atoms with Gasteiger partial charge >= 0.3 is 0 Å². The number of nitro benzene ring substituents is 1. The molecule has 100 valence electrons. The summed E-state index contributed by atoms with van der Waals surface area (Å²) in [5, 5.41) is 17.8. The van der Waals surface area contributed by atoms with Crippen molar-refractivity contribution in [3.8, 4) is 0 Å². The van der Waals surface area contributed by atoms with E-state index in [1.54, 1.807) is 6.07 Å². The average Bonchev–Trinajstić information content (AvgIpc) is 2.77. The van der Waals surface area contributed by atoms with E-state index in [2.05, 4.69) is 26.4 Å². The maximum atomic E-state index is 10.8. The fraction of sp³-hybridized carbons (Fsp3) is 0.250. The smallest absolute Gasteiger partial charge is 0.283 e. The van der Waals surface area contributed by atoms with Crippen molar-refractivity contribution >= 4 is 21.6 Å². The van der Waals surface area contributed by atoms with Crippen LogP contribution in [0.15, 0.2) is 33.3 Å². The predicted octanol–water partition coefficient (Wildman–Crippen LogP) is 2.94. The molecule has 1 N–H and O–H groups in total.